The summed E-state index contributed by atoms with van der Waals surface area (Å²) in [6, 6.07) is 14.2. The zero-order valence-electron chi connectivity index (χ0n) is 19.2. The smallest absolute Gasteiger partial charge is 0.329 e. The first kappa shape index (κ1) is 25.9. The van der Waals surface area contributed by atoms with E-state index >= 15 is 0 Å². The van der Waals surface area contributed by atoms with Crippen LogP contribution >= 0.6 is 35.6 Å². The lowest BCUT2D eigenvalue weighted by molar-refractivity contribution is -0.150. The van der Waals surface area contributed by atoms with Gasteiger partial charge >= 0.3 is 11.9 Å². The summed E-state index contributed by atoms with van der Waals surface area (Å²) in [5.74, 6) is -2.15. The summed E-state index contributed by atoms with van der Waals surface area (Å²) < 4.78 is 5.42. The van der Waals surface area contributed by atoms with E-state index in [9.17, 15) is 19.5 Å². The molecule has 0 aromatic heterocycles. The van der Waals surface area contributed by atoms with Gasteiger partial charge in [-0.05, 0) is 30.2 Å². The number of carbonyl (C=O) groups is 3. The predicted octanol–water partition coefficient (Wildman–Crippen LogP) is 4.08. The molecular formula is C25H22ClN3O5S2. The third kappa shape index (κ3) is 5.61. The van der Waals surface area contributed by atoms with Crippen molar-refractivity contribution in [2.75, 3.05) is 6.61 Å². The maximum absolute atomic E-state index is 13.4. The van der Waals surface area contributed by atoms with Gasteiger partial charge in [-0.3, -0.25) is 14.7 Å². The molecule has 2 aromatic carbocycles. The number of carbonyl (C=O) groups excluding carboxylic acids is 2. The molecule has 1 fully saturated rings. The third-order valence-corrected chi connectivity index (χ3v) is 7.19. The summed E-state index contributed by atoms with van der Waals surface area (Å²) in [4.78, 5) is 39.6. The third-order valence-electron chi connectivity index (χ3n) is 5.62. The van der Waals surface area contributed by atoms with Crippen molar-refractivity contribution < 1.29 is 24.2 Å². The first-order valence-corrected chi connectivity index (χ1v) is 12.7. The van der Waals surface area contributed by atoms with E-state index in [1.165, 1.54) is 16.1 Å². The molecule has 2 aliphatic heterocycles. The average molecular weight is 544 g/mol. The molecule has 0 aliphatic carbocycles. The van der Waals surface area contributed by atoms with Crippen LogP contribution < -0.4 is 0 Å². The van der Waals surface area contributed by atoms with Crippen LogP contribution in [0.5, 0.6) is 0 Å². The molecule has 11 heteroatoms. The molecule has 8 nitrogen and oxygen atoms in total. The second kappa shape index (κ2) is 11.2. The molecule has 1 saturated heterocycles. The number of nitrogens with zero attached hydrogens (tertiary/aromatic N) is 3. The number of rotatable bonds is 8. The highest BCUT2D eigenvalue weighted by Crippen LogP contribution is 2.35. The molecule has 4 rings (SSSR count). The summed E-state index contributed by atoms with van der Waals surface area (Å²) >= 11 is 12.4. The number of thioether (sulfide) groups is 1. The lowest BCUT2D eigenvalue weighted by atomic mass is 10.0. The van der Waals surface area contributed by atoms with Crippen LogP contribution in [0.15, 0.2) is 70.8 Å². The zero-order chi connectivity index (χ0) is 25.8. The Hall–Kier alpha value is -3.21. The van der Waals surface area contributed by atoms with E-state index in [-0.39, 0.29) is 28.7 Å². The number of benzene rings is 2. The lowest BCUT2D eigenvalue weighted by Crippen LogP contribution is -2.46. The Bertz CT molecular complexity index is 1250. The SMILES string of the molecule is CCOC(=O)[C@H](Cc1ccccc1)N1C(=O)/C(=C/N2N=C(c3ccc(Cl)cc3)C[C@H]2C(=O)O)SC1=S. The maximum Gasteiger partial charge on any atom is 0.329 e. The highest BCUT2D eigenvalue weighted by molar-refractivity contribution is 8.26. The van der Waals surface area contributed by atoms with Gasteiger partial charge in [0.15, 0.2) is 6.04 Å². The average Bonchev–Trinajstić information content (AvgIpc) is 3.40. The van der Waals surface area contributed by atoms with Gasteiger partial charge in [-0.1, -0.05) is 78.0 Å². The molecule has 36 heavy (non-hydrogen) atoms. The Balaban J connectivity index is 1.62. The van der Waals surface area contributed by atoms with Gasteiger partial charge in [-0.15, -0.1) is 0 Å². The second-order valence-corrected chi connectivity index (χ2v) is 10.1. The molecule has 0 bridgehead atoms. The molecule has 1 N–H and O–H groups in total. The zero-order valence-corrected chi connectivity index (χ0v) is 21.6. The van der Waals surface area contributed by atoms with Crippen molar-refractivity contribution in [3.05, 3.63) is 81.9 Å². The van der Waals surface area contributed by atoms with E-state index in [2.05, 4.69) is 5.10 Å². The fourth-order valence-corrected chi connectivity index (χ4v) is 5.33. The van der Waals surface area contributed by atoms with E-state index in [0.717, 1.165) is 22.9 Å². The molecule has 2 heterocycles. The highest BCUT2D eigenvalue weighted by atomic mass is 35.5. The molecule has 0 saturated carbocycles. The summed E-state index contributed by atoms with van der Waals surface area (Å²) in [6.07, 6.45) is 1.75. The van der Waals surface area contributed by atoms with Crippen molar-refractivity contribution in [1.29, 1.82) is 0 Å². The van der Waals surface area contributed by atoms with Crippen molar-refractivity contribution in [2.24, 2.45) is 5.10 Å². The molecule has 2 aliphatic rings. The van der Waals surface area contributed by atoms with Crippen LogP contribution in [0, 0.1) is 0 Å². The normalized spacial score (nSPS) is 19.6. The Morgan fingerprint density at radius 2 is 1.94 bits per heavy atom. The minimum absolute atomic E-state index is 0.146. The van der Waals surface area contributed by atoms with Gasteiger partial charge in [0.1, 0.15) is 10.4 Å². The number of hydrogen-bond acceptors (Lipinski definition) is 8. The molecule has 1 amide bonds. The van der Waals surface area contributed by atoms with E-state index in [1.54, 1.807) is 31.2 Å². The highest BCUT2D eigenvalue weighted by Gasteiger charge is 2.42. The topological polar surface area (TPSA) is 99.5 Å². The number of thiocarbonyl (C=S) groups is 1. The lowest BCUT2D eigenvalue weighted by Gasteiger charge is -2.25. The van der Waals surface area contributed by atoms with Crippen LogP contribution in [0.4, 0.5) is 0 Å². The standard InChI is InChI=1S/C25H22ClN3O5S2/c1-2-34-24(33)20(12-15-6-4-3-5-7-15)29-22(30)21(36-25(29)35)14-28-19(23(31)32)13-18(27-28)16-8-10-17(26)11-9-16/h3-11,14,19-20H,2,12-13H2,1H3,(H,31,32)/b21-14-/t19-,20-/m0/s1. The fraction of sp³-hybridized carbons (Fsp3) is 0.240. The molecule has 0 spiro atoms. The van der Waals surface area contributed by atoms with Crippen molar-refractivity contribution >= 4 is 63.5 Å². The molecule has 2 atom stereocenters. The number of aliphatic carboxylic acids is 1. The van der Waals surface area contributed by atoms with Crippen LogP contribution in [0.2, 0.25) is 5.02 Å². The Morgan fingerprint density at radius 3 is 2.58 bits per heavy atom. The minimum atomic E-state index is -1.08. The van der Waals surface area contributed by atoms with Crippen LogP contribution in [0.3, 0.4) is 0 Å². The molecule has 186 valence electrons. The van der Waals surface area contributed by atoms with E-state index in [4.69, 9.17) is 28.6 Å². The van der Waals surface area contributed by atoms with E-state index < -0.39 is 29.9 Å². The number of carboxylic acid groups (broad SMARTS) is 1. The molecule has 2 aromatic rings. The van der Waals surface area contributed by atoms with Crippen LogP contribution in [-0.2, 0) is 25.5 Å². The monoisotopic (exact) mass is 543 g/mol. The van der Waals surface area contributed by atoms with Gasteiger partial charge in [0.2, 0.25) is 0 Å². The number of carboxylic acids is 1. The Morgan fingerprint density at radius 1 is 1.25 bits per heavy atom. The number of esters is 1. The van der Waals surface area contributed by atoms with Crippen molar-refractivity contribution in [3.63, 3.8) is 0 Å². The summed E-state index contributed by atoms with van der Waals surface area (Å²) in [6.45, 7) is 1.85. The minimum Gasteiger partial charge on any atom is -0.480 e. The molecule has 0 unspecified atom stereocenters. The van der Waals surface area contributed by atoms with Crippen LogP contribution in [0.25, 0.3) is 0 Å². The molecular weight excluding hydrogens is 522 g/mol. The first-order valence-electron chi connectivity index (χ1n) is 11.1. The van der Waals surface area contributed by atoms with Crippen molar-refractivity contribution in [2.45, 2.75) is 31.8 Å². The van der Waals surface area contributed by atoms with Gasteiger partial charge in [0, 0.05) is 24.1 Å². The van der Waals surface area contributed by atoms with Gasteiger partial charge in [-0.25, -0.2) is 9.59 Å². The largest absolute Gasteiger partial charge is 0.480 e. The number of ether oxygens (including phenoxy) is 1. The first-order chi connectivity index (χ1) is 17.3. The number of hydrazone groups is 1. The Labute approximate surface area is 222 Å². The van der Waals surface area contributed by atoms with Gasteiger partial charge in [-0.2, -0.15) is 5.10 Å². The second-order valence-electron chi connectivity index (χ2n) is 7.99. The van der Waals surface area contributed by atoms with Crippen LogP contribution in [0.1, 0.15) is 24.5 Å². The van der Waals surface area contributed by atoms with E-state index in [1.807, 2.05) is 30.3 Å². The quantitative estimate of drug-likeness (QED) is 0.302. The number of halogens is 1. The van der Waals surface area contributed by atoms with Crippen LogP contribution in [-0.4, -0.2) is 61.6 Å². The Kier molecular flexibility index (Phi) is 8.07. The molecule has 0 radical (unpaired) electrons. The van der Waals surface area contributed by atoms with Gasteiger partial charge < -0.3 is 9.84 Å². The van der Waals surface area contributed by atoms with E-state index in [0.29, 0.717) is 10.7 Å². The predicted molar refractivity (Wildman–Crippen MR) is 142 cm³/mol. The summed E-state index contributed by atoms with van der Waals surface area (Å²) in [5.41, 5.74) is 2.13. The van der Waals surface area contributed by atoms with Crippen molar-refractivity contribution in [3.8, 4) is 0 Å². The summed E-state index contributed by atoms with van der Waals surface area (Å²) in [5, 5.41) is 16.0. The van der Waals surface area contributed by atoms with Gasteiger partial charge in [0.25, 0.3) is 5.91 Å². The summed E-state index contributed by atoms with van der Waals surface area (Å²) in [7, 11) is 0. The number of hydrogen-bond donors (Lipinski definition) is 1. The number of amides is 1. The fourth-order valence-electron chi connectivity index (χ4n) is 3.88. The maximum atomic E-state index is 13.4. The van der Waals surface area contributed by atoms with Crippen molar-refractivity contribution in [1.82, 2.24) is 9.91 Å². The van der Waals surface area contributed by atoms with Gasteiger partial charge in [0.05, 0.1) is 17.2 Å².